The summed E-state index contributed by atoms with van der Waals surface area (Å²) in [7, 11) is 0. The quantitative estimate of drug-likeness (QED) is 0.655. The van der Waals surface area contributed by atoms with E-state index >= 15 is 0 Å². The molecule has 1 aromatic heterocycles. The van der Waals surface area contributed by atoms with Crippen molar-refractivity contribution in [1.82, 2.24) is 5.32 Å². The summed E-state index contributed by atoms with van der Waals surface area (Å²) in [6, 6.07) is 4.20. The molecule has 1 amide bonds. The summed E-state index contributed by atoms with van der Waals surface area (Å²) in [4.78, 5) is 24.3. The van der Waals surface area contributed by atoms with Gasteiger partial charge in [0.05, 0.1) is 24.6 Å². The highest BCUT2D eigenvalue weighted by Crippen LogP contribution is 2.23. The van der Waals surface area contributed by atoms with Crippen LogP contribution in [0.15, 0.2) is 27.4 Å². The molecule has 0 fully saturated rings. The number of benzene rings is 1. The number of aliphatic hydroxyl groups excluding tert-OH is 1. The molecule has 1 heterocycles. The van der Waals surface area contributed by atoms with E-state index in [-0.39, 0.29) is 41.9 Å². The van der Waals surface area contributed by atoms with Crippen LogP contribution in [-0.2, 0) is 11.2 Å². The zero-order valence-corrected chi connectivity index (χ0v) is 14.5. The van der Waals surface area contributed by atoms with Crippen molar-refractivity contribution in [3.63, 3.8) is 0 Å². The minimum atomic E-state index is -0.592. The third kappa shape index (κ3) is 4.30. The number of aromatic hydroxyl groups is 1. The van der Waals surface area contributed by atoms with E-state index in [1.165, 1.54) is 12.1 Å². The highest BCUT2D eigenvalue weighted by molar-refractivity contribution is 7.98. The van der Waals surface area contributed by atoms with Crippen molar-refractivity contribution in [3.05, 3.63) is 39.7 Å². The number of amides is 1. The largest absolute Gasteiger partial charge is 0.508 e. The first kappa shape index (κ1) is 18.4. The molecular weight excluding hydrogens is 330 g/mol. The van der Waals surface area contributed by atoms with Crippen molar-refractivity contribution in [2.24, 2.45) is 0 Å². The fourth-order valence-corrected chi connectivity index (χ4v) is 3.02. The molecule has 6 nitrogen and oxygen atoms in total. The van der Waals surface area contributed by atoms with E-state index in [4.69, 9.17) is 4.42 Å². The molecule has 0 aliphatic heterocycles. The standard InChI is InChI=1S/C17H21NO5S/c1-10-13-4-3-12(20)7-15(13)23-17(22)14(10)8-16(21)18-11(9-19)5-6-24-2/h3-4,7,11,19-20H,5-6,8-9H2,1-2H3,(H,18,21)/t11-/m1/s1. The third-order valence-corrected chi connectivity index (χ3v) is 4.51. The molecular formula is C17H21NO5S. The summed E-state index contributed by atoms with van der Waals surface area (Å²) in [5.41, 5.74) is 0.633. The average Bonchev–Trinajstić information content (AvgIpc) is 2.55. The molecule has 2 rings (SSSR count). The van der Waals surface area contributed by atoms with Crippen LogP contribution < -0.4 is 10.9 Å². The first-order valence-electron chi connectivity index (χ1n) is 7.60. The molecule has 0 saturated carbocycles. The summed E-state index contributed by atoms with van der Waals surface area (Å²) in [6.45, 7) is 1.60. The van der Waals surface area contributed by atoms with Crippen molar-refractivity contribution in [2.75, 3.05) is 18.6 Å². The van der Waals surface area contributed by atoms with Gasteiger partial charge in [0.1, 0.15) is 11.3 Å². The highest BCUT2D eigenvalue weighted by Gasteiger charge is 2.17. The van der Waals surface area contributed by atoms with Gasteiger partial charge in [0.2, 0.25) is 5.91 Å². The lowest BCUT2D eigenvalue weighted by atomic mass is 10.0. The predicted molar refractivity (Wildman–Crippen MR) is 94.6 cm³/mol. The second-order valence-electron chi connectivity index (χ2n) is 5.58. The Balaban J connectivity index is 2.21. The molecule has 0 aliphatic rings. The predicted octanol–water partition coefficient (Wildman–Crippen LogP) is 1.58. The number of aryl methyl sites for hydroxylation is 1. The Morgan fingerprint density at radius 3 is 2.83 bits per heavy atom. The van der Waals surface area contributed by atoms with Gasteiger partial charge in [0.15, 0.2) is 0 Å². The lowest BCUT2D eigenvalue weighted by molar-refractivity contribution is -0.121. The van der Waals surface area contributed by atoms with Crippen LogP contribution in [0.3, 0.4) is 0 Å². The molecule has 0 unspecified atom stereocenters. The van der Waals surface area contributed by atoms with E-state index in [0.29, 0.717) is 17.4 Å². The molecule has 0 aliphatic carbocycles. The summed E-state index contributed by atoms with van der Waals surface area (Å²) < 4.78 is 5.20. The van der Waals surface area contributed by atoms with Crippen molar-refractivity contribution < 1.29 is 19.4 Å². The summed E-state index contributed by atoms with van der Waals surface area (Å²) >= 11 is 1.64. The Morgan fingerprint density at radius 1 is 1.42 bits per heavy atom. The number of nitrogens with one attached hydrogen (secondary N) is 1. The van der Waals surface area contributed by atoms with Crippen LogP contribution in [0.1, 0.15) is 17.5 Å². The second kappa shape index (κ2) is 8.21. The minimum absolute atomic E-state index is 0.00937. The third-order valence-electron chi connectivity index (χ3n) is 3.86. The van der Waals surface area contributed by atoms with E-state index in [0.717, 1.165) is 5.75 Å². The Hall–Kier alpha value is -1.99. The van der Waals surface area contributed by atoms with Crippen LogP contribution in [0.2, 0.25) is 0 Å². The second-order valence-corrected chi connectivity index (χ2v) is 6.56. The number of carbonyl (C=O) groups excluding carboxylic acids is 1. The van der Waals surface area contributed by atoms with Gasteiger partial charge in [-0.15, -0.1) is 0 Å². The number of hydrogen-bond acceptors (Lipinski definition) is 6. The Kier molecular flexibility index (Phi) is 6.28. The fourth-order valence-electron chi connectivity index (χ4n) is 2.50. The van der Waals surface area contributed by atoms with Crippen molar-refractivity contribution in [2.45, 2.75) is 25.8 Å². The first-order valence-corrected chi connectivity index (χ1v) is 9.00. The lowest BCUT2D eigenvalue weighted by Gasteiger charge is -2.16. The van der Waals surface area contributed by atoms with Gasteiger partial charge in [0.25, 0.3) is 0 Å². The number of aliphatic hydroxyl groups is 1. The molecule has 1 atom stereocenters. The van der Waals surface area contributed by atoms with Gasteiger partial charge in [-0.2, -0.15) is 11.8 Å². The minimum Gasteiger partial charge on any atom is -0.508 e. The van der Waals surface area contributed by atoms with Crippen LogP contribution in [0.4, 0.5) is 0 Å². The molecule has 24 heavy (non-hydrogen) atoms. The van der Waals surface area contributed by atoms with Gasteiger partial charge >= 0.3 is 5.63 Å². The van der Waals surface area contributed by atoms with Crippen molar-refractivity contribution in [3.8, 4) is 5.75 Å². The van der Waals surface area contributed by atoms with Gasteiger partial charge < -0.3 is 19.9 Å². The fraction of sp³-hybridized carbons (Fsp3) is 0.412. The Bertz CT molecular complexity index is 786. The molecule has 0 bridgehead atoms. The molecule has 7 heteroatoms. The maximum Gasteiger partial charge on any atom is 0.340 e. The molecule has 0 saturated heterocycles. The lowest BCUT2D eigenvalue weighted by Crippen LogP contribution is -2.39. The zero-order valence-electron chi connectivity index (χ0n) is 13.7. The van der Waals surface area contributed by atoms with Gasteiger partial charge in [-0.3, -0.25) is 4.79 Å². The maximum absolute atomic E-state index is 12.2. The van der Waals surface area contributed by atoms with Crippen LogP contribution in [0, 0.1) is 6.92 Å². The van der Waals surface area contributed by atoms with Crippen LogP contribution >= 0.6 is 11.8 Å². The number of thioether (sulfide) groups is 1. The maximum atomic E-state index is 12.2. The SMILES string of the molecule is CSCC[C@H](CO)NC(=O)Cc1c(C)c2ccc(O)cc2oc1=O. The normalized spacial score (nSPS) is 12.3. The summed E-state index contributed by atoms with van der Waals surface area (Å²) in [6.07, 6.45) is 2.51. The molecule has 3 N–H and O–H groups in total. The van der Waals surface area contributed by atoms with E-state index < -0.39 is 5.63 Å². The van der Waals surface area contributed by atoms with E-state index in [2.05, 4.69) is 5.32 Å². The number of phenolic OH excluding ortho intramolecular Hbond substituents is 1. The van der Waals surface area contributed by atoms with Crippen molar-refractivity contribution >= 4 is 28.6 Å². The van der Waals surface area contributed by atoms with Crippen LogP contribution in [-0.4, -0.2) is 40.8 Å². The van der Waals surface area contributed by atoms with Gasteiger partial charge in [-0.05, 0) is 43.0 Å². The summed E-state index contributed by atoms with van der Waals surface area (Å²) in [5, 5.41) is 22.2. The van der Waals surface area contributed by atoms with E-state index in [1.807, 2.05) is 6.26 Å². The molecule has 130 valence electrons. The summed E-state index contributed by atoms with van der Waals surface area (Å²) in [5.74, 6) is 0.505. The molecule has 2 aromatic rings. The number of carbonyl (C=O) groups is 1. The Morgan fingerprint density at radius 2 is 2.17 bits per heavy atom. The smallest absolute Gasteiger partial charge is 0.340 e. The first-order chi connectivity index (χ1) is 11.5. The number of rotatable bonds is 7. The molecule has 0 spiro atoms. The van der Waals surface area contributed by atoms with E-state index in [9.17, 15) is 19.8 Å². The zero-order chi connectivity index (χ0) is 17.7. The number of phenols is 1. The van der Waals surface area contributed by atoms with Crippen LogP contribution in [0.25, 0.3) is 11.0 Å². The van der Waals surface area contributed by atoms with Gasteiger partial charge in [0, 0.05) is 11.5 Å². The number of fused-ring (bicyclic) bond motifs is 1. The highest BCUT2D eigenvalue weighted by atomic mass is 32.2. The Labute approximate surface area is 143 Å². The van der Waals surface area contributed by atoms with Gasteiger partial charge in [-0.1, -0.05) is 0 Å². The number of hydrogen-bond donors (Lipinski definition) is 3. The van der Waals surface area contributed by atoms with E-state index in [1.54, 1.807) is 24.8 Å². The van der Waals surface area contributed by atoms with Crippen molar-refractivity contribution in [1.29, 1.82) is 0 Å². The molecule has 0 radical (unpaired) electrons. The average molecular weight is 351 g/mol. The van der Waals surface area contributed by atoms with Gasteiger partial charge in [-0.25, -0.2) is 4.79 Å². The van der Waals surface area contributed by atoms with Crippen LogP contribution in [0.5, 0.6) is 5.75 Å². The topological polar surface area (TPSA) is 99.8 Å². The monoisotopic (exact) mass is 351 g/mol. The molecule has 1 aromatic carbocycles.